The van der Waals surface area contributed by atoms with Crippen LogP contribution in [0, 0.1) is 5.92 Å². The van der Waals surface area contributed by atoms with Crippen molar-refractivity contribution in [3.05, 3.63) is 35.9 Å². The number of likely N-dealkylation sites (N-methyl/N-ethyl adjacent to an activating group) is 1. The summed E-state index contributed by atoms with van der Waals surface area (Å²) in [5, 5.41) is 0. The van der Waals surface area contributed by atoms with E-state index >= 15 is 0 Å². The molecule has 0 aromatic heterocycles. The highest BCUT2D eigenvalue weighted by Crippen LogP contribution is 2.22. The van der Waals surface area contributed by atoms with Gasteiger partial charge in [0.25, 0.3) is 0 Å². The zero-order valence-corrected chi connectivity index (χ0v) is 13.3. The molecule has 6 nitrogen and oxygen atoms in total. The molecule has 0 bridgehead atoms. The summed E-state index contributed by atoms with van der Waals surface area (Å²) in [4.78, 5) is 39.2. The Kier molecular flexibility index (Phi) is 4.43. The van der Waals surface area contributed by atoms with Gasteiger partial charge in [-0.2, -0.15) is 0 Å². The van der Waals surface area contributed by atoms with Crippen LogP contribution in [0.3, 0.4) is 0 Å². The molecule has 122 valence electrons. The van der Waals surface area contributed by atoms with Crippen LogP contribution in [0.4, 0.5) is 4.79 Å². The van der Waals surface area contributed by atoms with E-state index < -0.39 is 17.8 Å². The van der Waals surface area contributed by atoms with Crippen LogP contribution in [0.15, 0.2) is 30.3 Å². The summed E-state index contributed by atoms with van der Waals surface area (Å²) in [6, 6.07) is 9.91. The molecule has 2 fully saturated rings. The molecule has 0 aliphatic carbocycles. The van der Waals surface area contributed by atoms with Crippen LogP contribution >= 0.6 is 0 Å². The summed E-state index contributed by atoms with van der Waals surface area (Å²) in [6.45, 7) is 1.89. The lowest BCUT2D eigenvalue weighted by molar-refractivity contribution is -0.143. The molecule has 0 unspecified atom stereocenters. The van der Waals surface area contributed by atoms with E-state index in [0.717, 1.165) is 42.2 Å². The van der Waals surface area contributed by atoms with Gasteiger partial charge in [0.1, 0.15) is 0 Å². The number of nitrogens with zero attached hydrogens (tertiary/aromatic N) is 3. The summed E-state index contributed by atoms with van der Waals surface area (Å²) in [6.07, 6.45) is 3.14. The number of hydrogen-bond donors (Lipinski definition) is 0. The topological polar surface area (TPSA) is 60.9 Å². The number of hydrogen-bond acceptors (Lipinski definition) is 4. The van der Waals surface area contributed by atoms with Crippen LogP contribution in [0.1, 0.15) is 18.4 Å². The van der Waals surface area contributed by atoms with Crippen LogP contribution in [0.25, 0.3) is 0 Å². The Bertz CT molecular complexity index is 609. The number of likely N-dealkylation sites (tertiary alicyclic amines) is 1. The molecule has 0 saturated carbocycles. The molecule has 1 aromatic rings. The second-order valence-electron chi connectivity index (χ2n) is 6.27. The SMILES string of the molecule is CN1C(=O)C(=O)N(CN2CCC(Cc3ccccc3)CC2)C1=O. The molecule has 0 N–H and O–H groups in total. The highest BCUT2D eigenvalue weighted by molar-refractivity contribution is 6.44. The summed E-state index contributed by atoms with van der Waals surface area (Å²) in [7, 11) is 1.34. The van der Waals surface area contributed by atoms with Gasteiger partial charge in [-0.05, 0) is 30.7 Å². The number of urea groups is 1. The van der Waals surface area contributed by atoms with Gasteiger partial charge in [0, 0.05) is 20.1 Å². The molecule has 3 rings (SSSR count). The van der Waals surface area contributed by atoms with Gasteiger partial charge in [-0.15, -0.1) is 0 Å². The first-order chi connectivity index (χ1) is 11.1. The molecule has 0 spiro atoms. The van der Waals surface area contributed by atoms with E-state index in [1.54, 1.807) is 0 Å². The monoisotopic (exact) mass is 315 g/mol. The normalized spacial score (nSPS) is 20.7. The van der Waals surface area contributed by atoms with E-state index in [-0.39, 0.29) is 6.67 Å². The van der Waals surface area contributed by atoms with E-state index in [1.807, 2.05) is 6.07 Å². The van der Waals surface area contributed by atoms with Crippen molar-refractivity contribution in [2.24, 2.45) is 5.92 Å². The van der Waals surface area contributed by atoms with Crippen molar-refractivity contribution in [3.63, 3.8) is 0 Å². The van der Waals surface area contributed by atoms with Crippen LogP contribution in [-0.4, -0.2) is 59.4 Å². The fourth-order valence-corrected chi connectivity index (χ4v) is 3.22. The Morgan fingerprint density at radius 1 is 1.00 bits per heavy atom. The summed E-state index contributed by atoms with van der Waals surface area (Å²) in [5.74, 6) is -0.833. The van der Waals surface area contributed by atoms with Crippen molar-refractivity contribution >= 4 is 17.8 Å². The average Bonchev–Trinajstić information content (AvgIpc) is 2.75. The minimum atomic E-state index is -0.742. The van der Waals surface area contributed by atoms with Gasteiger partial charge in [0.05, 0.1) is 6.67 Å². The van der Waals surface area contributed by atoms with Gasteiger partial charge < -0.3 is 0 Å². The molecule has 23 heavy (non-hydrogen) atoms. The number of imide groups is 2. The zero-order valence-electron chi connectivity index (χ0n) is 13.3. The highest BCUT2D eigenvalue weighted by Gasteiger charge is 2.42. The van der Waals surface area contributed by atoms with Crippen molar-refractivity contribution in [1.82, 2.24) is 14.7 Å². The molecular formula is C17H21N3O3. The zero-order chi connectivity index (χ0) is 16.4. The third kappa shape index (κ3) is 3.27. The Hall–Kier alpha value is -2.21. The quantitative estimate of drug-likeness (QED) is 0.621. The van der Waals surface area contributed by atoms with E-state index in [9.17, 15) is 14.4 Å². The van der Waals surface area contributed by atoms with Crippen LogP contribution in [0.5, 0.6) is 0 Å². The van der Waals surface area contributed by atoms with Crippen molar-refractivity contribution in [2.75, 3.05) is 26.8 Å². The molecule has 0 radical (unpaired) electrons. The minimum Gasteiger partial charge on any atom is -0.285 e. The first-order valence-electron chi connectivity index (χ1n) is 7.96. The van der Waals surface area contributed by atoms with E-state index in [4.69, 9.17) is 0 Å². The van der Waals surface area contributed by atoms with Gasteiger partial charge in [-0.25, -0.2) is 9.69 Å². The first kappa shape index (κ1) is 15.7. The largest absolute Gasteiger partial charge is 0.335 e. The number of benzene rings is 1. The van der Waals surface area contributed by atoms with Crippen molar-refractivity contribution in [1.29, 1.82) is 0 Å². The van der Waals surface area contributed by atoms with Crippen LogP contribution in [0.2, 0.25) is 0 Å². The Morgan fingerprint density at radius 2 is 1.65 bits per heavy atom. The Morgan fingerprint density at radius 3 is 2.22 bits per heavy atom. The molecule has 6 heteroatoms. The van der Waals surface area contributed by atoms with E-state index in [2.05, 4.69) is 29.2 Å². The third-order valence-electron chi connectivity index (χ3n) is 4.67. The summed E-state index contributed by atoms with van der Waals surface area (Å²) in [5.41, 5.74) is 1.35. The summed E-state index contributed by atoms with van der Waals surface area (Å²) >= 11 is 0. The lowest BCUT2D eigenvalue weighted by atomic mass is 9.90. The number of piperidine rings is 1. The fourth-order valence-electron chi connectivity index (χ4n) is 3.22. The second-order valence-corrected chi connectivity index (χ2v) is 6.27. The van der Waals surface area contributed by atoms with Crippen molar-refractivity contribution in [2.45, 2.75) is 19.3 Å². The number of carbonyl (C=O) groups excluding carboxylic acids is 3. The number of carbonyl (C=O) groups is 3. The third-order valence-corrected chi connectivity index (χ3v) is 4.67. The molecular weight excluding hydrogens is 294 g/mol. The second kappa shape index (κ2) is 6.50. The molecule has 2 aliphatic heterocycles. The molecule has 0 atom stereocenters. The molecule has 1 aromatic carbocycles. The van der Waals surface area contributed by atoms with Crippen LogP contribution in [-0.2, 0) is 16.0 Å². The maximum atomic E-state index is 11.9. The molecule has 4 amide bonds. The average molecular weight is 315 g/mol. The van der Waals surface area contributed by atoms with Gasteiger partial charge >= 0.3 is 17.8 Å². The molecule has 2 saturated heterocycles. The van der Waals surface area contributed by atoms with E-state index in [1.165, 1.54) is 12.6 Å². The fraction of sp³-hybridized carbons (Fsp3) is 0.471. The maximum absolute atomic E-state index is 11.9. The maximum Gasteiger partial charge on any atom is 0.335 e. The van der Waals surface area contributed by atoms with Gasteiger partial charge in [-0.3, -0.25) is 19.4 Å². The number of amides is 4. The van der Waals surface area contributed by atoms with Crippen molar-refractivity contribution in [3.8, 4) is 0 Å². The predicted molar refractivity (Wildman–Crippen MR) is 84.3 cm³/mol. The summed E-state index contributed by atoms with van der Waals surface area (Å²) < 4.78 is 0. The highest BCUT2D eigenvalue weighted by atomic mass is 16.2. The van der Waals surface area contributed by atoms with Gasteiger partial charge in [0.2, 0.25) is 0 Å². The Labute approximate surface area is 135 Å². The smallest absolute Gasteiger partial charge is 0.285 e. The van der Waals surface area contributed by atoms with Gasteiger partial charge in [-0.1, -0.05) is 30.3 Å². The molecule has 2 aliphatic rings. The Balaban J connectivity index is 1.51. The predicted octanol–water partition coefficient (Wildman–Crippen LogP) is 1.32. The standard InChI is InChI=1S/C17H21N3O3/c1-18-15(21)16(22)20(17(18)23)12-19-9-7-14(8-10-19)11-13-5-3-2-4-6-13/h2-6,14H,7-12H2,1H3. The minimum absolute atomic E-state index is 0.214. The lowest BCUT2D eigenvalue weighted by Crippen LogP contribution is -2.45. The van der Waals surface area contributed by atoms with Gasteiger partial charge in [0.15, 0.2) is 0 Å². The first-order valence-corrected chi connectivity index (χ1v) is 7.96. The molecule has 2 heterocycles. The van der Waals surface area contributed by atoms with E-state index in [0.29, 0.717) is 5.92 Å². The van der Waals surface area contributed by atoms with Crippen molar-refractivity contribution < 1.29 is 14.4 Å². The van der Waals surface area contributed by atoms with Crippen LogP contribution < -0.4 is 0 Å². The number of rotatable bonds is 4. The lowest BCUT2D eigenvalue weighted by Gasteiger charge is -2.33.